The number of anilines is 1. The molecule has 1 aromatic heterocycles. The molecule has 6 nitrogen and oxygen atoms in total. The largest absolute Gasteiger partial charge is 0.404 e. The average Bonchev–Trinajstić information content (AvgIpc) is 2.62. The van der Waals surface area contributed by atoms with Crippen molar-refractivity contribution in [1.82, 2.24) is 4.98 Å². The number of rotatable bonds is 6. The summed E-state index contributed by atoms with van der Waals surface area (Å²) in [5.41, 5.74) is 7.68. The molecule has 0 atom stereocenters. The Hall–Kier alpha value is -3.32. The number of nitrogens with two attached hydrogens (primary N) is 1. The molecule has 7 heteroatoms. The number of carbonyl (C=O) groups is 1. The summed E-state index contributed by atoms with van der Waals surface area (Å²) >= 11 is 0. The first-order valence-corrected chi connectivity index (χ1v) is 7.34. The van der Waals surface area contributed by atoms with Gasteiger partial charge in [-0.25, -0.2) is 4.39 Å². The van der Waals surface area contributed by atoms with Crippen LogP contribution >= 0.6 is 0 Å². The maximum atomic E-state index is 13.6. The van der Waals surface area contributed by atoms with Crippen LogP contribution in [-0.4, -0.2) is 22.2 Å². The molecule has 1 amide bonds. The van der Waals surface area contributed by atoms with Crippen LogP contribution in [0, 0.1) is 11.2 Å². The van der Waals surface area contributed by atoms with Crippen LogP contribution in [0.25, 0.3) is 11.6 Å². The number of hydrogen-bond donors (Lipinski definition) is 4. The van der Waals surface area contributed by atoms with E-state index >= 15 is 0 Å². The number of halogens is 1. The molecule has 0 unspecified atom stereocenters. The smallest absolute Gasteiger partial charge is 0.248 e. The van der Waals surface area contributed by atoms with Crippen LogP contribution in [0.1, 0.15) is 16.7 Å². The molecular weight excluding hydrogens is 323 g/mol. The normalized spacial score (nSPS) is 11.5. The minimum Gasteiger partial charge on any atom is -0.404 e. The summed E-state index contributed by atoms with van der Waals surface area (Å²) in [5, 5.41) is 18.8. The second-order valence-electron chi connectivity index (χ2n) is 5.02. The van der Waals surface area contributed by atoms with Crippen molar-refractivity contribution < 1.29 is 14.3 Å². The first kappa shape index (κ1) is 18.0. The fourth-order valence-electron chi connectivity index (χ4n) is 2.12. The van der Waals surface area contributed by atoms with Crippen LogP contribution in [0.15, 0.2) is 48.9 Å². The van der Waals surface area contributed by atoms with Crippen LogP contribution in [0.4, 0.5) is 10.1 Å². The summed E-state index contributed by atoms with van der Waals surface area (Å²) in [7, 11) is 0. The molecule has 128 valence electrons. The number of benzene rings is 1. The molecule has 0 aliphatic rings. The summed E-state index contributed by atoms with van der Waals surface area (Å²) < 4.78 is 13.6. The monoisotopic (exact) mass is 340 g/mol. The van der Waals surface area contributed by atoms with Gasteiger partial charge in [0.25, 0.3) is 0 Å². The van der Waals surface area contributed by atoms with Crippen molar-refractivity contribution in [1.29, 1.82) is 5.41 Å². The van der Waals surface area contributed by atoms with Crippen molar-refractivity contribution >= 4 is 29.5 Å². The Morgan fingerprint density at radius 1 is 1.40 bits per heavy atom. The van der Waals surface area contributed by atoms with E-state index in [-0.39, 0.29) is 11.3 Å². The topological polar surface area (TPSA) is 112 Å². The molecule has 0 spiro atoms. The molecule has 25 heavy (non-hydrogen) atoms. The predicted octanol–water partition coefficient (Wildman–Crippen LogP) is 2.31. The summed E-state index contributed by atoms with van der Waals surface area (Å²) in [6.07, 6.45) is 8.32. The van der Waals surface area contributed by atoms with Crippen molar-refractivity contribution in [2.24, 2.45) is 5.73 Å². The van der Waals surface area contributed by atoms with Crippen molar-refractivity contribution in [3.63, 3.8) is 0 Å². The highest BCUT2D eigenvalue weighted by atomic mass is 19.1. The third kappa shape index (κ3) is 4.58. The Kier molecular flexibility index (Phi) is 6.14. The van der Waals surface area contributed by atoms with E-state index < -0.39 is 18.3 Å². The fraction of sp³-hybridized carbons (Fsp3) is 0.0556. The van der Waals surface area contributed by atoms with Gasteiger partial charge in [0.15, 0.2) is 0 Å². The summed E-state index contributed by atoms with van der Waals surface area (Å²) in [5.74, 6) is -1.05. The molecular formula is C18H17FN4O2. The molecule has 0 saturated heterocycles. The molecule has 0 saturated carbocycles. The van der Waals surface area contributed by atoms with E-state index in [2.05, 4.69) is 10.3 Å². The fourth-order valence-corrected chi connectivity index (χ4v) is 2.12. The van der Waals surface area contributed by atoms with E-state index in [1.54, 1.807) is 18.5 Å². The number of aliphatic hydroxyl groups excluding tert-OH is 1. The Labute approximate surface area is 144 Å². The number of carbonyl (C=O) groups excluding carboxylic acids is 1. The average molecular weight is 340 g/mol. The molecule has 2 aromatic rings. The Bertz CT molecular complexity index is 847. The summed E-state index contributed by atoms with van der Waals surface area (Å²) in [6.45, 7) is -0.409. The van der Waals surface area contributed by atoms with E-state index in [9.17, 15) is 9.18 Å². The second-order valence-corrected chi connectivity index (χ2v) is 5.02. The zero-order valence-corrected chi connectivity index (χ0v) is 13.2. The van der Waals surface area contributed by atoms with Gasteiger partial charge in [0.05, 0.1) is 6.61 Å². The van der Waals surface area contributed by atoms with Crippen molar-refractivity contribution in [3.8, 4) is 0 Å². The minimum atomic E-state index is -0.595. The zero-order valence-electron chi connectivity index (χ0n) is 13.2. The Morgan fingerprint density at radius 2 is 2.20 bits per heavy atom. The van der Waals surface area contributed by atoms with E-state index in [4.69, 9.17) is 16.2 Å². The SMILES string of the molecule is N=C/C(=C\N)c1ccncc1/C=C/C(=O)Nc1ccc(CO)c(F)c1. The van der Waals surface area contributed by atoms with Gasteiger partial charge in [-0.3, -0.25) is 9.78 Å². The molecule has 1 heterocycles. The van der Waals surface area contributed by atoms with E-state index in [0.717, 1.165) is 12.3 Å². The lowest BCUT2D eigenvalue weighted by Gasteiger charge is -2.06. The van der Waals surface area contributed by atoms with Gasteiger partial charge in [0.1, 0.15) is 5.82 Å². The molecule has 0 aliphatic heterocycles. The minimum absolute atomic E-state index is 0.154. The third-order valence-electron chi connectivity index (χ3n) is 3.40. The van der Waals surface area contributed by atoms with Crippen molar-refractivity contribution in [3.05, 3.63) is 71.4 Å². The van der Waals surface area contributed by atoms with Gasteiger partial charge in [-0.1, -0.05) is 6.07 Å². The molecule has 1 aromatic carbocycles. The third-order valence-corrected chi connectivity index (χ3v) is 3.40. The number of aromatic nitrogens is 1. The van der Waals surface area contributed by atoms with Gasteiger partial charge in [-0.15, -0.1) is 0 Å². The van der Waals surface area contributed by atoms with Crippen LogP contribution in [0.5, 0.6) is 0 Å². The number of pyridine rings is 1. The van der Waals surface area contributed by atoms with E-state index in [1.807, 2.05) is 0 Å². The lowest BCUT2D eigenvalue weighted by Crippen LogP contribution is -2.08. The van der Waals surface area contributed by atoms with Gasteiger partial charge in [-0.05, 0) is 29.8 Å². The van der Waals surface area contributed by atoms with Gasteiger partial charge >= 0.3 is 0 Å². The maximum absolute atomic E-state index is 13.6. The van der Waals surface area contributed by atoms with Crippen molar-refractivity contribution in [2.75, 3.05) is 5.32 Å². The van der Waals surface area contributed by atoms with Gasteiger partial charge in [-0.2, -0.15) is 0 Å². The Balaban J connectivity index is 2.16. The predicted molar refractivity (Wildman–Crippen MR) is 95.2 cm³/mol. The standard InChI is InChI=1S/C18H17FN4O2/c19-17-7-15(3-1-13(17)11-24)23-18(25)4-2-12-10-22-6-5-16(12)14(8-20)9-21/h1-10,20,24H,11,21H2,(H,23,25)/b4-2+,14-9+,20-8?. The first-order chi connectivity index (χ1) is 12.1. The van der Waals surface area contributed by atoms with Crippen LogP contribution in [0.2, 0.25) is 0 Å². The molecule has 0 fully saturated rings. The number of hydrogen-bond acceptors (Lipinski definition) is 5. The van der Waals surface area contributed by atoms with E-state index in [0.29, 0.717) is 16.7 Å². The number of nitrogens with zero attached hydrogens (tertiary/aromatic N) is 1. The number of aliphatic hydroxyl groups is 1. The molecule has 2 rings (SSSR count). The lowest BCUT2D eigenvalue weighted by atomic mass is 10.0. The highest BCUT2D eigenvalue weighted by Gasteiger charge is 2.06. The van der Waals surface area contributed by atoms with Gasteiger partial charge in [0, 0.05) is 53.3 Å². The van der Waals surface area contributed by atoms with Crippen LogP contribution < -0.4 is 11.1 Å². The quantitative estimate of drug-likeness (QED) is 0.477. The maximum Gasteiger partial charge on any atom is 0.248 e. The first-order valence-electron chi connectivity index (χ1n) is 7.34. The zero-order chi connectivity index (χ0) is 18.2. The molecule has 0 radical (unpaired) electrons. The second kappa shape index (κ2) is 8.51. The lowest BCUT2D eigenvalue weighted by molar-refractivity contribution is -0.111. The Morgan fingerprint density at radius 3 is 2.84 bits per heavy atom. The summed E-state index contributed by atoms with van der Waals surface area (Å²) in [6, 6.07) is 5.72. The highest BCUT2D eigenvalue weighted by molar-refractivity contribution is 6.10. The highest BCUT2D eigenvalue weighted by Crippen LogP contribution is 2.18. The molecule has 0 aliphatic carbocycles. The number of allylic oxidation sites excluding steroid dienone is 1. The van der Waals surface area contributed by atoms with E-state index in [1.165, 1.54) is 30.5 Å². The number of nitrogens with one attached hydrogen (secondary N) is 2. The molecule has 0 bridgehead atoms. The van der Waals surface area contributed by atoms with Gasteiger partial charge in [0.2, 0.25) is 5.91 Å². The number of amides is 1. The van der Waals surface area contributed by atoms with Gasteiger partial charge < -0.3 is 21.6 Å². The summed E-state index contributed by atoms with van der Waals surface area (Å²) in [4.78, 5) is 16.0. The van der Waals surface area contributed by atoms with Crippen LogP contribution in [-0.2, 0) is 11.4 Å². The van der Waals surface area contributed by atoms with Crippen molar-refractivity contribution in [2.45, 2.75) is 6.61 Å². The van der Waals surface area contributed by atoms with Crippen LogP contribution in [0.3, 0.4) is 0 Å². The molecule has 5 N–H and O–H groups in total.